The summed E-state index contributed by atoms with van der Waals surface area (Å²) in [7, 11) is 0. The molecule has 0 radical (unpaired) electrons. The standard InChI is InChI=1S/C10H12O4/c1-7-8(10(12)13)3-2-4-9(7)14-6-5-11/h2-4,11H,5-6H2,1H3,(H,12,13). The van der Waals surface area contributed by atoms with E-state index in [0.717, 1.165) is 0 Å². The highest BCUT2D eigenvalue weighted by Gasteiger charge is 2.10. The average Bonchev–Trinajstić information content (AvgIpc) is 2.16. The Bertz CT molecular complexity index is 333. The van der Waals surface area contributed by atoms with Gasteiger partial charge in [-0.1, -0.05) is 6.07 Å². The first-order valence-corrected chi connectivity index (χ1v) is 4.23. The van der Waals surface area contributed by atoms with Crippen LogP contribution in [0.15, 0.2) is 18.2 Å². The van der Waals surface area contributed by atoms with Crippen LogP contribution in [0.4, 0.5) is 0 Å². The molecule has 0 aliphatic carbocycles. The third-order valence-corrected chi connectivity index (χ3v) is 1.86. The molecular weight excluding hydrogens is 184 g/mol. The number of hydrogen-bond acceptors (Lipinski definition) is 3. The first-order valence-electron chi connectivity index (χ1n) is 4.23. The van der Waals surface area contributed by atoms with Crippen LogP contribution in [0, 0.1) is 6.92 Å². The van der Waals surface area contributed by atoms with Gasteiger partial charge in [0.2, 0.25) is 0 Å². The zero-order valence-electron chi connectivity index (χ0n) is 7.86. The van der Waals surface area contributed by atoms with Gasteiger partial charge in [0.25, 0.3) is 0 Å². The van der Waals surface area contributed by atoms with Crippen LogP contribution in [-0.4, -0.2) is 29.4 Å². The zero-order valence-corrected chi connectivity index (χ0v) is 7.86. The predicted molar refractivity (Wildman–Crippen MR) is 50.7 cm³/mol. The quantitative estimate of drug-likeness (QED) is 0.755. The summed E-state index contributed by atoms with van der Waals surface area (Å²) in [5, 5.41) is 17.4. The fourth-order valence-corrected chi connectivity index (χ4v) is 1.16. The fraction of sp³-hybridized carbons (Fsp3) is 0.300. The first kappa shape index (κ1) is 10.5. The second-order valence-electron chi connectivity index (χ2n) is 2.81. The van der Waals surface area contributed by atoms with Crippen molar-refractivity contribution in [1.82, 2.24) is 0 Å². The molecule has 0 unspecified atom stereocenters. The number of aromatic carboxylic acids is 1. The van der Waals surface area contributed by atoms with Gasteiger partial charge in [0, 0.05) is 5.56 Å². The molecule has 0 heterocycles. The third-order valence-electron chi connectivity index (χ3n) is 1.86. The minimum absolute atomic E-state index is 0.0866. The summed E-state index contributed by atoms with van der Waals surface area (Å²) in [6, 6.07) is 4.81. The van der Waals surface area contributed by atoms with Gasteiger partial charge >= 0.3 is 5.97 Å². The van der Waals surface area contributed by atoms with Crippen LogP contribution >= 0.6 is 0 Å². The van der Waals surface area contributed by atoms with Crippen LogP contribution in [0.5, 0.6) is 5.75 Å². The maximum absolute atomic E-state index is 10.7. The molecular formula is C10H12O4. The topological polar surface area (TPSA) is 66.8 Å². The SMILES string of the molecule is Cc1c(OCCO)cccc1C(=O)O. The van der Waals surface area contributed by atoms with Gasteiger partial charge in [-0.15, -0.1) is 0 Å². The van der Waals surface area contributed by atoms with E-state index in [4.69, 9.17) is 14.9 Å². The van der Waals surface area contributed by atoms with E-state index in [0.29, 0.717) is 11.3 Å². The van der Waals surface area contributed by atoms with Crippen molar-refractivity contribution < 1.29 is 19.7 Å². The molecule has 0 atom stereocenters. The van der Waals surface area contributed by atoms with Crippen molar-refractivity contribution in [3.63, 3.8) is 0 Å². The smallest absolute Gasteiger partial charge is 0.336 e. The van der Waals surface area contributed by atoms with E-state index < -0.39 is 5.97 Å². The number of hydrogen-bond donors (Lipinski definition) is 2. The molecule has 0 saturated carbocycles. The maximum Gasteiger partial charge on any atom is 0.336 e. The average molecular weight is 196 g/mol. The van der Waals surface area contributed by atoms with Crippen molar-refractivity contribution in [2.24, 2.45) is 0 Å². The van der Waals surface area contributed by atoms with E-state index in [1.807, 2.05) is 0 Å². The number of carboxylic acids is 1. The summed E-state index contributed by atoms with van der Waals surface area (Å²) in [4.78, 5) is 10.7. The zero-order chi connectivity index (χ0) is 10.6. The van der Waals surface area contributed by atoms with E-state index in [2.05, 4.69) is 0 Å². The summed E-state index contributed by atoms with van der Waals surface area (Å²) >= 11 is 0. The Balaban J connectivity index is 2.95. The third kappa shape index (κ3) is 2.23. The molecule has 0 aliphatic rings. The maximum atomic E-state index is 10.7. The van der Waals surface area contributed by atoms with Crippen LogP contribution in [0.2, 0.25) is 0 Å². The highest BCUT2D eigenvalue weighted by Crippen LogP contribution is 2.21. The van der Waals surface area contributed by atoms with Gasteiger partial charge in [0.15, 0.2) is 0 Å². The molecule has 0 saturated heterocycles. The van der Waals surface area contributed by atoms with Gasteiger partial charge in [-0.3, -0.25) is 0 Å². The number of carboxylic acid groups (broad SMARTS) is 1. The fourth-order valence-electron chi connectivity index (χ4n) is 1.16. The van der Waals surface area contributed by atoms with Crippen molar-refractivity contribution in [3.05, 3.63) is 29.3 Å². The molecule has 0 spiro atoms. The van der Waals surface area contributed by atoms with Gasteiger partial charge in [0.05, 0.1) is 12.2 Å². The number of aliphatic hydroxyl groups is 1. The molecule has 1 aromatic carbocycles. The van der Waals surface area contributed by atoms with Crippen molar-refractivity contribution in [3.8, 4) is 5.75 Å². The molecule has 0 bridgehead atoms. The molecule has 76 valence electrons. The highest BCUT2D eigenvalue weighted by molar-refractivity contribution is 5.90. The lowest BCUT2D eigenvalue weighted by Gasteiger charge is -2.09. The molecule has 2 N–H and O–H groups in total. The summed E-state index contributed by atoms with van der Waals surface area (Å²) in [5.41, 5.74) is 0.800. The van der Waals surface area contributed by atoms with Crippen LogP contribution in [0.1, 0.15) is 15.9 Å². The van der Waals surface area contributed by atoms with Crippen molar-refractivity contribution in [2.45, 2.75) is 6.92 Å². The van der Waals surface area contributed by atoms with E-state index >= 15 is 0 Å². The lowest BCUT2D eigenvalue weighted by molar-refractivity contribution is 0.0695. The second kappa shape index (κ2) is 4.62. The Labute approximate surface area is 81.8 Å². The van der Waals surface area contributed by atoms with Crippen LogP contribution in [0.3, 0.4) is 0 Å². The van der Waals surface area contributed by atoms with Gasteiger partial charge in [-0.05, 0) is 19.1 Å². The van der Waals surface area contributed by atoms with E-state index in [1.165, 1.54) is 6.07 Å². The largest absolute Gasteiger partial charge is 0.491 e. The van der Waals surface area contributed by atoms with Gasteiger partial charge in [0.1, 0.15) is 12.4 Å². The molecule has 0 aromatic heterocycles. The Morgan fingerprint density at radius 3 is 2.79 bits per heavy atom. The molecule has 4 nitrogen and oxygen atoms in total. The predicted octanol–water partition coefficient (Wildman–Crippen LogP) is 1.06. The molecule has 14 heavy (non-hydrogen) atoms. The monoisotopic (exact) mass is 196 g/mol. The lowest BCUT2D eigenvalue weighted by atomic mass is 10.1. The molecule has 0 amide bonds. The van der Waals surface area contributed by atoms with Gasteiger partial charge in [-0.2, -0.15) is 0 Å². The minimum Gasteiger partial charge on any atom is -0.491 e. The Hall–Kier alpha value is -1.55. The number of ether oxygens (including phenoxy) is 1. The summed E-state index contributed by atoms with van der Waals surface area (Å²) in [6.45, 7) is 1.76. The number of benzene rings is 1. The van der Waals surface area contributed by atoms with E-state index in [9.17, 15) is 4.79 Å². The summed E-state index contributed by atoms with van der Waals surface area (Å²) < 4.78 is 5.16. The number of carbonyl (C=O) groups is 1. The second-order valence-corrected chi connectivity index (χ2v) is 2.81. The number of aliphatic hydroxyl groups excluding tert-OH is 1. The van der Waals surface area contributed by atoms with Crippen LogP contribution in [-0.2, 0) is 0 Å². The van der Waals surface area contributed by atoms with Gasteiger partial charge < -0.3 is 14.9 Å². The minimum atomic E-state index is -0.975. The molecule has 4 heteroatoms. The molecule has 0 fully saturated rings. The van der Waals surface area contributed by atoms with Crippen molar-refractivity contribution in [2.75, 3.05) is 13.2 Å². The highest BCUT2D eigenvalue weighted by atomic mass is 16.5. The van der Waals surface area contributed by atoms with Crippen LogP contribution < -0.4 is 4.74 Å². The Morgan fingerprint density at radius 1 is 1.50 bits per heavy atom. The molecule has 1 aromatic rings. The van der Waals surface area contributed by atoms with Crippen LogP contribution in [0.25, 0.3) is 0 Å². The van der Waals surface area contributed by atoms with Crippen molar-refractivity contribution in [1.29, 1.82) is 0 Å². The summed E-state index contributed by atoms with van der Waals surface area (Å²) in [5.74, 6) is -0.476. The summed E-state index contributed by atoms with van der Waals surface area (Å²) in [6.07, 6.45) is 0. The lowest BCUT2D eigenvalue weighted by Crippen LogP contribution is -2.06. The molecule has 0 aliphatic heterocycles. The van der Waals surface area contributed by atoms with Crippen molar-refractivity contribution >= 4 is 5.97 Å². The Kier molecular flexibility index (Phi) is 3.48. The number of rotatable bonds is 4. The normalized spacial score (nSPS) is 9.86. The van der Waals surface area contributed by atoms with Gasteiger partial charge in [-0.25, -0.2) is 4.79 Å². The Morgan fingerprint density at radius 2 is 2.21 bits per heavy atom. The first-order chi connectivity index (χ1) is 6.66. The van der Waals surface area contributed by atoms with E-state index in [1.54, 1.807) is 19.1 Å². The molecule has 1 rings (SSSR count). The van der Waals surface area contributed by atoms with E-state index in [-0.39, 0.29) is 18.8 Å².